The zero-order valence-electron chi connectivity index (χ0n) is 9.70. The molecular weight excluding hydrogens is 278 g/mol. The molecule has 16 heavy (non-hydrogen) atoms. The molecule has 0 spiro atoms. The summed E-state index contributed by atoms with van der Waals surface area (Å²) in [5.74, 6) is -0.652. The van der Waals surface area contributed by atoms with Crippen molar-refractivity contribution >= 4 is 27.9 Å². The Morgan fingerprint density at radius 1 is 1.06 bits per heavy atom. The third kappa shape index (κ3) is 7.64. The largest absolute Gasteiger partial charge is 0.465 e. The van der Waals surface area contributed by atoms with Crippen LogP contribution in [0.5, 0.6) is 0 Å². The minimum Gasteiger partial charge on any atom is -0.465 e. The number of ether oxygens (including phenoxy) is 2. The van der Waals surface area contributed by atoms with E-state index in [0.29, 0.717) is 25.1 Å². The molecule has 0 aromatic heterocycles. The monoisotopic (exact) mass is 295 g/mol. The topological polar surface area (TPSA) is 55.8 Å². The van der Waals surface area contributed by atoms with E-state index in [4.69, 9.17) is 9.47 Å². The van der Waals surface area contributed by atoms with E-state index in [1.807, 2.05) is 0 Å². The second-order valence-electron chi connectivity index (χ2n) is 3.01. The van der Waals surface area contributed by atoms with Crippen molar-refractivity contribution in [3.63, 3.8) is 0 Å². The van der Waals surface area contributed by atoms with Crippen molar-refractivity contribution < 1.29 is 19.1 Å². The van der Waals surface area contributed by atoms with Crippen molar-refractivity contribution in [3.8, 4) is 0 Å². The van der Waals surface area contributed by atoms with E-state index in [0.717, 1.165) is 0 Å². The van der Waals surface area contributed by atoms with E-state index in [1.54, 1.807) is 18.7 Å². The van der Waals surface area contributed by atoms with Crippen molar-refractivity contribution in [2.75, 3.05) is 38.2 Å². The van der Waals surface area contributed by atoms with Crippen LogP contribution in [-0.4, -0.2) is 55.0 Å². The molecule has 0 saturated carbocycles. The van der Waals surface area contributed by atoms with E-state index in [-0.39, 0.29) is 25.0 Å². The van der Waals surface area contributed by atoms with Crippen molar-refractivity contribution in [2.45, 2.75) is 13.8 Å². The molecule has 0 heterocycles. The second-order valence-corrected chi connectivity index (χ2v) is 3.80. The van der Waals surface area contributed by atoms with Crippen molar-refractivity contribution in [1.82, 2.24) is 4.90 Å². The standard InChI is InChI=1S/C10H18BrNO4/c1-3-15-9(13)7-12(6-5-11)8-10(14)16-4-2/h3-8H2,1-2H3. The Kier molecular flexibility index (Phi) is 9.22. The maximum atomic E-state index is 11.2. The summed E-state index contributed by atoms with van der Waals surface area (Å²) in [5, 5.41) is 0.686. The summed E-state index contributed by atoms with van der Waals surface area (Å²) in [4.78, 5) is 24.2. The van der Waals surface area contributed by atoms with Crippen LogP contribution >= 0.6 is 15.9 Å². The summed E-state index contributed by atoms with van der Waals surface area (Å²) in [5.41, 5.74) is 0. The van der Waals surface area contributed by atoms with Crippen LogP contribution in [0.4, 0.5) is 0 Å². The molecular formula is C10H18BrNO4. The molecule has 0 aliphatic rings. The smallest absolute Gasteiger partial charge is 0.320 e. The van der Waals surface area contributed by atoms with Gasteiger partial charge in [0.25, 0.3) is 0 Å². The number of esters is 2. The highest BCUT2D eigenvalue weighted by molar-refractivity contribution is 9.09. The van der Waals surface area contributed by atoms with Gasteiger partial charge in [-0.15, -0.1) is 0 Å². The molecule has 0 saturated heterocycles. The van der Waals surface area contributed by atoms with Crippen LogP contribution in [-0.2, 0) is 19.1 Å². The number of carbonyl (C=O) groups is 2. The molecule has 0 amide bonds. The fraction of sp³-hybridized carbons (Fsp3) is 0.800. The van der Waals surface area contributed by atoms with Crippen molar-refractivity contribution in [1.29, 1.82) is 0 Å². The number of alkyl halides is 1. The predicted molar refractivity (Wildman–Crippen MR) is 63.5 cm³/mol. The number of nitrogens with zero attached hydrogens (tertiary/aromatic N) is 1. The average Bonchev–Trinajstić information content (AvgIpc) is 2.18. The maximum Gasteiger partial charge on any atom is 0.320 e. The first-order valence-corrected chi connectivity index (χ1v) is 6.35. The summed E-state index contributed by atoms with van der Waals surface area (Å²) in [6.07, 6.45) is 0. The third-order valence-corrected chi connectivity index (χ3v) is 2.07. The van der Waals surface area contributed by atoms with Gasteiger partial charge in [-0.1, -0.05) is 15.9 Å². The average molecular weight is 296 g/mol. The van der Waals surface area contributed by atoms with Crippen LogP contribution in [0.15, 0.2) is 0 Å². The van der Waals surface area contributed by atoms with Gasteiger partial charge in [-0.25, -0.2) is 0 Å². The Hall–Kier alpha value is -0.620. The maximum absolute atomic E-state index is 11.2. The molecule has 0 radical (unpaired) electrons. The molecule has 0 fully saturated rings. The lowest BCUT2D eigenvalue weighted by atomic mass is 10.4. The van der Waals surface area contributed by atoms with Gasteiger partial charge < -0.3 is 9.47 Å². The molecule has 0 aliphatic carbocycles. The van der Waals surface area contributed by atoms with Gasteiger partial charge in [0.1, 0.15) is 0 Å². The third-order valence-electron chi connectivity index (χ3n) is 1.72. The predicted octanol–water partition coefficient (Wildman–Crippen LogP) is 0.809. The Morgan fingerprint density at radius 3 is 1.81 bits per heavy atom. The Morgan fingerprint density at radius 2 is 1.50 bits per heavy atom. The second kappa shape index (κ2) is 9.59. The van der Waals surface area contributed by atoms with Gasteiger partial charge in [-0.05, 0) is 13.8 Å². The lowest BCUT2D eigenvalue weighted by molar-refractivity contribution is -0.147. The van der Waals surface area contributed by atoms with Crippen LogP contribution in [0.3, 0.4) is 0 Å². The first-order valence-electron chi connectivity index (χ1n) is 5.23. The fourth-order valence-electron chi connectivity index (χ4n) is 1.11. The van der Waals surface area contributed by atoms with Gasteiger partial charge >= 0.3 is 11.9 Å². The Labute approximate surface area is 104 Å². The highest BCUT2D eigenvalue weighted by atomic mass is 79.9. The summed E-state index contributed by atoms with van der Waals surface area (Å²) in [6.45, 7) is 5.01. The minimum atomic E-state index is -0.326. The quantitative estimate of drug-likeness (QED) is 0.490. The number of carbonyl (C=O) groups excluding carboxylic acids is 2. The fourth-order valence-corrected chi connectivity index (χ4v) is 1.61. The Balaban J connectivity index is 4.05. The molecule has 0 bridgehead atoms. The van der Waals surface area contributed by atoms with Crippen LogP contribution in [0.25, 0.3) is 0 Å². The normalized spacial score (nSPS) is 10.2. The van der Waals surface area contributed by atoms with Gasteiger partial charge in [-0.2, -0.15) is 0 Å². The molecule has 0 rings (SSSR count). The van der Waals surface area contributed by atoms with Crippen molar-refractivity contribution in [2.24, 2.45) is 0 Å². The summed E-state index contributed by atoms with van der Waals surface area (Å²) in [6, 6.07) is 0. The molecule has 94 valence electrons. The molecule has 6 heteroatoms. The first kappa shape index (κ1) is 15.4. The number of hydrogen-bond donors (Lipinski definition) is 0. The molecule has 0 unspecified atom stereocenters. The highest BCUT2D eigenvalue weighted by Crippen LogP contribution is 1.95. The molecule has 0 aromatic carbocycles. The van der Waals surface area contributed by atoms with E-state index in [2.05, 4.69) is 15.9 Å². The van der Waals surface area contributed by atoms with Gasteiger partial charge in [0.05, 0.1) is 26.3 Å². The van der Waals surface area contributed by atoms with Gasteiger partial charge in [0.15, 0.2) is 0 Å². The summed E-state index contributed by atoms with van der Waals surface area (Å²) >= 11 is 3.26. The van der Waals surface area contributed by atoms with Crippen LogP contribution < -0.4 is 0 Å². The zero-order valence-corrected chi connectivity index (χ0v) is 11.3. The highest BCUT2D eigenvalue weighted by Gasteiger charge is 2.15. The lowest BCUT2D eigenvalue weighted by Crippen LogP contribution is -2.37. The first-order chi connectivity index (χ1) is 7.63. The minimum absolute atomic E-state index is 0.109. The molecule has 0 atom stereocenters. The Bertz CT molecular complexity index is 203. The number of halogens is 1. The van der Waals surface area contributed by atoms with E-state index >= 15 is 0 Å². The summed E-state index contributed by atoms with van der Waals surface area (Å²) in [7, 11) is 0. The van der Waals surface area contributed by atoms with Crippen LogP contribution in [0.2, 0.25) is 0 Å². The van der Waals surface area contributed by atoms with Gasteiger partial charge in [-0.3, -0.25) is 14.5 Å². The molecule has 5 nitrogen and oxygen atoms in total. The summed E-state index contributed by atoms with van der Waals surface area (Å²) < 4.78 is 9.62. The molecule has 0 N–H and O–H groups in total. The van der Waals surface area contributed by atoms with Crippen molar-refractivity contribution in [3.05, 3.63) is 0 Å². The lowest BCUT2D eigenvalue weighted by Gasteiger charge is -2.18. The molecule has 0 aromatic rings. The van der Waals surface area contributed by atoms with Crippen LogP contribution in [0.1, 0.15) is 13.8 Å². The number of rotatable bonds is 8. The molecule has 0 aliphatic heterocycles. The number of hydrogen-bond acceptors (Lipinski definition) is 5. The van der Waals surface area contributed by atoms with E-state index < -0.39 is 0 Å². The van der Waals surface area contributed by atoms with Crippen LogP contribution in [0, 0.1) is 0 Å². The SMILES string of the molecule is CCOC(=O)CN(CCBr)CC(=O)OCC. The van der Waals surface area contributed by atoms with Gasteiger partial charge in [0.2, 0.25) is 0 Å². The van der Waals surface area contributed by atoms with Gasteiger partial charge in [0, 0.05) is 11.9 Å². The zero-order chi connectivity index (χ0) is 12.4. The van der Waals surface area contributed by atoms with E-state index in [9.17, 15) is 9.59 Å². The van der Waals surface area contributed by atoms with E-state index in [1.165, 1.54) is 0 Å².